The first-order valence-electron chi connectivity index (χ1n) is 10.3. The minimum absolute atomic E-state index is 0.0352. The highest BCUT2D eigenvalue weighted by molar-refractivity contribution is 7.71. The molecule has 0 spiro atoms. The lowest BCUT2D eigenvalue weighted by Gasteiger charge is -2.24. The van der Waals surface area contributed by atoms with Crippen molar-refractivity contribution in [1.82, 2.24) is 29.9 Å². The number of carbonyl (C=O) groups is 1. The number of nitrogens with one attached hydrogen (secondary N) is 2. The SMILES string of the molecule is O=C(Cn1c(-c2cccs2)n[nH]c1=S)N[C@H]1CCCc2c1cnn2Cc1ccccc1. The van der Waals surface area contributed by atoms with E-state index in [1.807, 2.05) is 41.9 Å². The van der Waals surface area contributed by atoms with Crippen LogP contribution in [0.4, 0.5) is 0 Å². The number of fused-ring (bicyclic) bond motifs is 1. The van der Waals surface area contributed by atoms with Crippen LogP contribution in [0.5, 0.6) is 0 Å². The Morgan fingerprint density at radius 2 is 2.13 bits per heavy atom. The molecule has 3 aromatic heterocycles. The van der Waals surface area contributed by atoms with Crippen LogP contribution >= 0.6 is 23.6 Å². The summed E-state index contributed by atoms with van der Waals surface area (Å²) in [5, 5.41) is 16.9. The Morgan fingerprint density at radius 3 is 2.94 bits per heavy atom. The first-order chi connectivity index (χ1) is 15.2. The maximum atomic E-state index is 12.9. The summed E-state index contributed by atoms with van der Waals surface area (Å²) >= 11 is 6.92. The van der Waals surface area contributed by atoms with Gasteiger partial charge < -0.3 is 5.32 Å². The predicted octanol–water partition coefficient (Wildman–Crippen LogP) is 4.11. The van der Waals surface area contributed by atoms with E-state index >= 15 is 0 Å². The average Bonchev–Trinajstić information content (AvgIpc) is 3.51. The van der Waals surface area contributed by atoms with Gasteiger partial charge in [0.1, 0.15) is 6.54 Å². The topological polar surface area (TPSA) is 80.5 Å². The first kappa shape index (κ1) is 19.9. The van der Waals surface area contributed by atoms with Gasteiger partial charge in [-0.2, -0.15) is 10.2 Å². The number of benzene rings is 1. The van der Waals surface area contributed by atoms with E-state index in [2.05, 4.69) is 37.4 Å². The van der Waals surface area contributed by atoms with E-state index in [4.69, 9.17) is 12.2 Å². The molecule has 158 valence electrons. The molecule has 31 heavy (non-hydrogen) atoms. The monoisotopic (exact) mass is 450 g/mol. The molecule has 3 heterocycles. The number of hydrogen-bond acceptors (Lipinski definition) is 5. The molecule has 7 nitrogen and oxygen atoms in total. The van der Waals surface area contributed by atoms with Gasteiger partial charge in [-0.3, -0.25) is 19.1 Å². The normalized spacial score (nSPS) is 15.5. The summed E-state index contributed by atoms with van der Waals surface area (Å²) in [5.41, 5.74) is 3.54. The minimum Gasteiger partial charge on any atom is -0.348 e. The van der Waals surface area contributed by atoms with Crippen LogP contribution in [0.1, 0.15) is 35.7 Å². The van der Waals surface area contributed by atoms with Crippen molar-refractivity contribution in [2.75, 3.05) is 0 Å². The summed E-state index contributed by atoms with van der Waals surface area (Å²) in [4.78, 5) is 13.9. The zero-order chi connectivity index (χ0) is 21.2. The quantitative estimate of drug-likeness (QED) is 0.433. The smallest absolute Gasteiger partial charge is 0.240 e. The third-order valence-electron chi connectivity index (χ3n) is 5.57. The second-order valence-corrected chi connectivity index (χ2v) is 8.95. The van der Waals surface area contributed by atoms with Gasteiger partial charge in [-0.25, -0.2) is 0 Å². The Morgan fingerprint density at radius 1 is 1.26 bits per heavy atom. The van der Waals surface area contributed by atoms with Gasteiger partial charge in [0.25, 0.3) is 0 Å². The van der Waals surface area contributed by atoms with Crippen LogP contribution in [-0.2, 0) is 24.3 Å². The van der Waals surface area contributed by atoms with Crippen molar-refractivity contribution < 1.29 is 4.79 Å². The molecule has 0 fully saturated rings. The maximum absolute atomic E-state index is 12.9. The van der Waals surface area contributed by atoms with E-state index < -0.39 is 0 Å². The molecule has 0 bridgehead atoms. The van der Waals surface area contributed by atoms with Gasteiger partial charge in [0.2, 0.25) is 5.91 Å². The molecule has 1 aromatic carbocycles. The zero-order valence-corrected chi connectivity index (χ0v) is 18.5. The third-order valence-corrected chi connectivity index (χ3v) is 6.75. The van der Waals surface area contributed by atoms with Crippen LogP contribution in [0.15, 0.2) is 54.0 Å². The van der Waals surface area contributed by atoms with Crippen LogP contribution in [0, 0.1) is 4.77 Å². The van der Waals surface area contributed by atoms with Crippen molar-refractivity contribution in [2.24, 2.45) is 0 Å². The predicted molar refractivity (Wildman–Crippen MR) is 122 cm³/mol. The Balaban J connectivity index is 1.32. The number of rotatable bonds is 6. The van der Waals surface area contributed by atoms with Gasteiger partial charge in [0, 0.05) is 11.3 Å². The van der Waals surface area contributed by atoms with E-state index in [1.54, 1.807) is 15.9 Å². The standard InChI is InChI=1S/C22H22N6OS2/c29-20(14-27-21(25-26-22(27)30)19-10-5-11-31-19)24-17-8-4-9-18-16(17)12-23-28(18)13-15-6-2-1-3-7-15/h1-3,5-7,10-12,17H,4,8-9,13-14H2,(H,24,29)(H,26,30)/t17-/m0/s1. The number of aromatic nitrogens is 5. The Bertz CT molecular complexity index is 1240. The molecule has 2 N–H and O–H groups in total. The molecule has 0 unspecified atom stereocenters. The Kier molecular flexibility index (Phi) is 5.52. The van der Waals surface area contributed by atoms with Gasteiger partial charge in [-0.1, -0.05) is 36.4 Å². The van der Waals surface area contributed by atoms with Crippen molar-refractivity contribution in [1.29, 1.82) is 0 Å². The number of thiophene rings is 1. The van der Waals surface area contributed by atoms with Crippen molar-refractivity contribution in [2.45, 2.75) is 38.4 Å². The van der Waals surface area contributed by atoms with E-state index in [1.165, 1.54) is 11.3 Å². The first-order valence-corrected chi connectivity index (χ1v) is 11.5. The van der Waals surface area contributed by atoms with Crippen molar-refractivity contribution >= 4 is 29.5 Å². The van der Waals surface area contributed by atoms with Gasteiger partial charge >= 0.3 is 0 Å². The summed E-state index contributed by atoms with van der Waals surface area (Å²) in [6.07, 6.45) is 4.81. The molecule has 4 aromatic rings. The second-order valence-electron chi connectivity index (χ2n) is 7.62. The highest BCUT2D eigenvalue weighted by Gasteiger charge is 2.26. The molecule has 1 atom stereocenters. The molecular formula is C22H22N6OS2. The zero-order valence-electron chi connectivity index (χ0n) is 16.8. The van der Waals surface area contributed by atoms with Crippen LogP contribution in [-0.4, -0.2) is 30.5 Å². The molecule has 1 amide bonds. The summed E-state index contributed by atoms with van der Waals surface area (Å²) in [7, 11) is 0. The highest BCUT2D eigenvalue weighted by Crippen LogP contribution is 2.30. The summed E-state index contributed by atoms with van der Waals surface area (Å²) < 4.78 is 4.25. The number of amides is 1. The molecule has 1 aliphatic carbocycles. The molecule has 0 radical (unpaired) electrons. The lowest BCUT2D eigenvalue weighted by Crippen LogP contribution is -2.33. The number of nitrogens with zero attached hydrogens (tertiary/aromatic N) is 4. The van der Waals surface area contributed by atoms with Crippen molar-refractivity contribution in [3.05, 3.63) is 75.6 Å². The van der Waals surface area contributed by atoms with Crippen LogP contribution < -0.4 is 5.32 Å². The Labute approximate surface area is 188 Å². The molecule has 0 saturated heterocycles. The number of carbonyl (C=O) groups excluding carboxylic acids is 1. The molecule has 0 saturated carbocycles. The van der Waals surface area contributed by atoms with Gasteiger partial charge in [0.05, 0.1) is 23.7 Å². The van der Waals surface area contributed by atoms with Gasteiger partial charge in [-0.15, -0.1) is 11.3 Å². The lowest BCUT2D eigenvalue weighted by molar-refractivity contribution is -0.122. The average molecular weight is 451 g/mol. The van der Waals surface area contributed by atoms with Crippen LogP contribution in [0.2, 0.25) is 0 Å². The number of hydrogen-bond donors (Lipinski definition) is 2. The molecular weight excluding hydrogens is 428 g/mol. The Hall–Kier alpha value is -3.04. The van der Waals surface area contributed by atoms with E-state index in [-0.39, 0.29) is 18.5 Å². The van der Waals surface area contributed by atoms with Gasteiger partial charge in [-0.05, 0) is 48.5 Å². The van der Waals surface area contributed by atoms with E-state index in [9.17, 15) is 4.79 Å². The molecule has 9 heteroatoms. The molecule has 0 aliphatic heterocycles. The minimum atomic E-state index is -0.0797. The second kappa shape index (κ2) is 8.60. The molecule has 5 rings (SSSR count). The van der Waals surface area contributed by atoms with Crippen LogP contribution in [0.3, 0.4) is 0 Å². The number of aromatic amines is 1. The fourth-order valence-electron chi connectivity index (χ4n) is 4.10. The number of H-pyrrole nitrogens is 1. The largest absolute Gasteiger partial charge is 0.348 e. The maximum Gasteiger partial charge on any atom is 0.240 e. The lowest BCUT2D eigenvalue weighted by atomic mass is 9.93. The van der Waals surface area contributed by atoms with E-state index in [0.29, 0.717) is 10.6 Å². The summed E-state index contributed by atoms with van der Waals surface area (Å²) in [6, 6.07) is 14.2. The van der Waals surface area contributed by atoms with Crippen molar-refractivity contribution in [3.63, 3.8) is 0 Å². The van der Waals surface area contributed by atoms with Gasteiger partial charge in [0.15, 0.2) is 10.6 Å². The fraction of sp³-hybridized carbons (Fsp3) is 0.273. The molecule has 1 aliphatic rings. The van der Waals surface area contributed by atoms with E-state index in [0.717, 1.165) is 36.2 Å². The fourth-order valence-corrected chi connectivity index (χ4v) is 5.02. The summed E-state index contributed by atoms with van der Waals surface area (Å²) in [6.45, 7) is 0.873. The summed E-state index contributed by atoms with van der Waals surface area (Å²) in [5.74, 6) is 0.610. The van der Waals surface area contributed by atoms with Crippen molar-refractivity contribution in [3.8, 4) is 10.7 Å². The van der Waals surface area contributed by atoms with Crippen LogP contribution in [0.25, 0.3) is 10.7 Å². The highest BCUT2D eigenvalue weighted by atomic mass is 32.1. The third kappa shape index (κ3) is 4.11.